The Morgan fingerprint density at radius 2 is 1.83 bits per heavy atom. The summed E-state index contributed by atoms with van der Waals surface area (Å²) >= 11 is 5.38. The second-order valence-electron chi connectivity index (χ2n) is 7.80. The number of nitrogens with one attached hydrogen (secondary N) is 1. The Kier molecular flexibility index (Phi) is 6.79. The predicted molar refractivity (Wildman–Crippen MR) is 131 cm³/mol. The average molecular weight is 499 g/mol. The number of benzene rings is 3. The molecule has 0 bridgehead atoms. The van der Waals surface area contributed by atoms with Crippen molar-refractivity contribution < 1.29 is 27.4 Å². The van der Waals surface area contributed by atoms with Gasteiger partial charge in [0.25, 0.3) is 5.91 Å². The highest BCUT2D eigenvalue weighted by molar-refractivity contribution is 7.80. The Balaban J connectivity index is 1.57. The fourth-order valence-electron chi connectivity index (χ4n) is 3.66. The molecule has 5 nitrogen and oxygen atoms in total. The van der Waals surface area contributed by atoms with Crippen LogP contribution in [0.5, 0.6) is 11.5 Å². The summed E-state index contributed by atoms with van der Waals surface area (Å²) in [6.07, 6.45) is -2.81. The minimum absolute atomic E-state index is 0.0311. The van der Waals surface area contributed by atoms with Crippen molar-refractivity contribution in [1.82, 2.24) is 5.32 Å². The van der Waals surface area contributed by atoms with Crippen molar-refractivity contribution in [3.8, 4) is 11.5 Å². The molecule has 9 heteroatoms. The van der Waals surface area contributed by atoms with Crippen LogP contribution in [0.25, 0.3) is 6.08 Å². The van der Waals surface area contributed by atoms with E-state index in [0.717, 1.165) is 17.7 Å². The quantitative estimate of drug-likeness (QED) is 0.341. The number of halogens is 3. The maximum atomic E-state index is 13.1. The zero-order valence-electron chi connectivity index (χ0n) is 18.8. The molecule has 3 aromatic rings. The number of carbonyl (C=O) groups excluding carboxylic acids is 1. The number of anilines is 1. The van der Waals surface area contributed by atoms with Crippen molar-refractivity contribution in [2.75, 3.05) is 12.0 Å². The zero-order valence-corrected chi connectivity index (χ0v) is 19.7. The summed E-state index contributed by atoms with van der Waals surface area (Å²) < 4.78 is 49.9. The van der Waals surface area contributed by atoms with Gasteiger partial charge in [-0.25, -0.2) is 0 Å². The van der Waals surface area contributed by atoms with Gasteiger partial charge in [-0.2, -0.15) is 13.2 Å². The van der Waals surface area contributed by atoms with Crippen LogP contribution >= 0.6 is 12.2 Å². The lowest BCUT2D eigenvalue weighted by atomic mass is 10.1. The van der Waals surface area contributed by atoms with Crippen LogP contribution in [0.4, 0.5) is 18.9 Å². The van der Waals surface area contributed by atoms with Gasteiger partial charge in [0.05, 0.1) is 18.4 Å². The first-order chi connectivity index (χ1) is 16.7. The topological polar surface area (TPSA) is 50.8 Å². The Bertz CT molecular complexity index is 1320. The fraction of sp³-hybridized carbons (Fsp3) is 0.154. The van der Waals surface area contributed by atoms with Crippen molar-refractivity contribution in [3.05, 3.63) is 94.7 Å². The number of hydrogen-bond donors (Lipinski definition) is 1. The number of carbonyl (C=O) groups is 1. The molecule has 1 aliphatic heterocycles. The second kappa shape index (κ2) is 9.79. The third-order valence-corrected chi connectivity index (χ3v) is 5.69. The van der Waals surface area contributed by atoms with Crippen LogP contribution < -0.4 is 19.7 Å². The summed E-state index contributed by atoms with van der Waals surface area (Å²) in [5, 5.41) is 3.23. The van der Waals surface area contributed by atoms with Crippen molar-refractivity contribution in [2.45, 2.75) is 19.7 Å². The molecular formula is C26H21F3N2O3S. The lowest BCUT2D eigenvalue weighted by molar-refractivity contribution is -0.137. The summed E-state index contributed by atoms with van der Waals surface area (Å²) in [7, 11) is 1.49. The maximum Gasteiger partial charge on any atom is 0.416 e. The predicted octanol–water partition coefficient (Wildman–Crippen LogP) is 5.86. The smallest absolute Gasteiger partial charge is 0.416 e. The number of para-hydroxylation sites is 1. The van der Waals surface area contributed by atoms with Crippen LogP contribution in [-0.4, -0.2) is 18.1 Å². The van der Waals surface area contributed by atoms with Crippen LogP contribution in [0.1, 0.15) is 22.3 Å². The van der Waals surface area contributed by atoms with E-state index < -0.39 is 11.7 Å². The molecule has 0 aliphatic carbocycles. The first-order valence-corrected chi connectivity index (χ1v) is 11.0. The van der Waals surface area contributed by atoms with Crippen molar-refractivity contribution >= 4 is 35.0 Å². The molecule has 1 N–H and O–H groups in total. The minimum atomic E-state index is -4.46. The summed E-state index contributed by atoms with van der Waals surface area (Å²) in [5.74, 6) is 0.293. The fourth-order valence-corrected chi connectivity index (χ4v) is 3.95. The second-order valence-corrected chi connectivity index (χ2v) is 8.19. The summed E-state index contributed by atoms with van der Waals surface area (Å²) in [4.78, 5) is 14.5. The molecule has 1 aliphatic rings. The molecule has 4 rings (SSSR count). The highest BCUT2D eigenvalue weighted by atomic mass is 32.1. The number of methoxy groups -OCH3 is 1. The molecule has 35 heavy (non-hydrogen) atoms. The zero-order chi connectivity index (χ0) is 25.2. The third kappa shape index (κ3) is 5.30. The standard InChI is InChI=1S/C26H21F3N2O3S/c1-16-6-3-4-9-22(16)31-24(32)21(30-25(31)35)13-17-10-11-23(33-2)18(12-17)15-34-20-8-5-7-19(14-20)26(27,28)29/h3-14H,15H2,1-2H3,(H,30,35)/b21-13+. The van der Waals surface area contributed by atoms with Crippen LogP contribution in [0.2, 0.25) is 0 Å². The molecule has 0 atom stereocenters. The van der Waals surface area contributed by atoms with E-state index in [2.05, 4.69) is 5.32 Å². The number of ether oxygens (including phenoxy) is 2. The van der Waals surface area contributed by atoms with Crippen molar-refractivity contribution in [2.24, 2.45) is 0 Å². The largest absolute Gasteiger partial charge is 0.496 e. The normalized spacial score (nSPS) is 14.9. The monoisotopic (exact) mass is 498 g/mol. The number of alkyl halides is 3. The Morgan fingerprint density at radius 1 is 1.06 bits per heavy atom. The van der Waals surface area contributed by atoms with Gasteiger partial charge in [0.15, 0.2) is 5.11 Å². The van der Waals surface area contributed by atoms with Gasteiger partial charge >= 0.3 is 6.18 Å². The first kappa shape index (κ1) is 24.3. The van der Waals surface area contributed by atoms with E-state index in [9.17, 15) is 18.0 Å². The molecule has 1 amide bonds. The lowest BCUT2D eigenvalue weighted by Crippen LogP contribution is -2.30. The minimum Gasteiger partial charge on any atom is -0.496 e. The summed E-state index contributed by atoms with van der Waals surface area (Å²) in [6.45, 7) is 1.86. The van der Waals surface area contributed by atoms with Gasteiger partial charge in [-0.1, -0.05) is 30.3 Å². The molecule has 1 saturated heterocycles. The molecule has 0 unspecified atom stereocenters. The van der Waals surface area contributed by atoms with Crippen LogP contribution in [0, 0.1) is 6.92 Å². The van der Waals surface area contributed by atoms with Crippen LogP contribution in [0.3, 0.4) is 0 Å². The number of hydrogen-bond acceptors (Lipinski definition) is 4. The van der Waals surface area contributed by atoms with E-state index in [1.165, 1.54) is 24.1 Å². The Labute approximate surface area is 205 Å². The summed E-state index contributed by atoms with van der Waals surface area (Å²) in [5.41, 5.74) is 2.38. The molecular weight excluding hydrogens is 477 g/mol. The molecule has 3 aromatic carbocycles. The van der Waals surface area contributed by atoms with E-state index in [-0.39, 0.29) is 23.4 Å². The molecule has 1 fully saturated rings. The molecule has 1 heterocycles. The Morgan fingerprint density at radius 3 is 2.54 bits per heavy atom. The average Bonchev–Trinajstić information content (AvgIpc) is 3.10. The number of nitrogens with zero attached hydrogens (tertiary/aromatic N) is 1. The number of amides is 1. The maximum absolute atomic E-state index is 13.1. The first-order valence-electron chi connectivity index (χ1n) is 10.6. The summed E-state index contributed by atoms with van der Waals surface area (Å²) in [6, 6.07) is 17.3. The van der Waals surface area contributed by atoms with Gasteiger partial charge in [0.1, 0.15) is 23.8 Å². The van der Waals surface area contributed by atoms with E-state index in [1.807, 2.05) is 31.2 Å². The number of aryl methyl sites for hydroxylation is 1. The van der Waals surface area contributed by atoms with Gasteiger partial charge in [0, 0.05) is 5.56 Å². The number of rotatable bonds is 6. The van der Waals surface area contributed by atoms with E-state index in [0.29, 0.717) is 28.3 Å². The number of thiocarbonyl (C=S) groups is 1. The third-order valence-electron chi connectivity index (χ3n) is 5.41. The Hall–Kier alpha value is -3.85. The lowest BCUT2D eigenvalue weighted by Gasteiger charge is -2.16. The van der Waals surface area contributed by atoms with E-state index in [4.69, 9.17) is 21.7 Å². The molecule has 0 radical (unpaired) electrons. The van der Waals surface area contributed by atoms with Crippen molar-refractivity contribution in [1.29, 1.82) is 0 Å². The molecule has 0 spiro atoms. The van der Waals surface area contributed by atoms with Gasteiger partial charge in [-0.15, -0.1) is 0 Å². The highest BCUT2D eigenvalue weighted by Crippen LogP contribution is 2.32. The van der Waals surface area contributed by atoms with Gasteiger partial charge in [0.2, 0.25) is 0 Å². The van der Waals surface area contributed by atoms with Crippen LogP contribution in [0.15, 0.2) is 72.4 Å². The van der Waals surface area contributed by atoms with Gasteiger partial charge in [-0.3, -0.25) is 9.69 Å². The van der Waals surface area contributed by atoms with Gasteiger partial charge in [-0.05, 0) is 72.7 Å². The molecule has 0 saturated carbocycles. The van der Waals surface area contributed by atoms with E-state index in [1.54, 1.807) is 24.3 Å². The van der Waals surface area contributed by atoms with E-state index >= 15 is 0 Å². The van der Waals surface area contributed by atoms with Crippen molar-refractivity contribution in [3.63, 3.8) is 0 Å². The van der Waals surface area contributed by atoms with Gasteiger partial charge < -0.3 is 14.8 Å². The highest BCUT2D eigenvalue weighted by Gasteiger charge is 2.33. The SMILES string of the molecule is COc1ccc(/C=C2/NC(=S)N(c3ccccc3C)C2=O)cc1COc1cccc(C(F)(F)F)c1. The van der Waals surface area contributed by atoms with Crippen LogP contribution in [-0.2, 0) is 17.6 Å². The molecule has 180 valence electrons. The molecule has 0 aromatic heterocycles.